The predicted molar refractivity (Wildman–Crippen MR) is 92.0 cm³/mol. The fourth-order valence-electron chi connectivity index (χ4n) is 3.00. The number of nitrogens with two attached hydrogens (primary N) is 1. The molecule has 138 valence electrons. The summed E-state index contributed by atoms with van der Waals surface area (Å²) in [5.41, 5.74) is 5.43. The summed E-state index contributed by atoms with van der Waals surface area (Å²) < 4.78 is 30.0. The number of nitrogens with zero attached hydrogens (tertiary/aromatic N) is 2. The van der Waals surface area contributed by atoms with Gasteiger partial charge in [0.05, 0.1) is 6.10 Å². The minimum absolute atomic E-state index is 0. The maximum Gasteiger partial charge on any atom is 0.247 e. The Morgan fingerprint density at radius 1 is 1.36 bits per heavy atom. The lowest BCUT2D eigenvalue weighted by Crippen LogP contribution is -2.67. The lowest BCUT2D eigenvalue weighted by molar-refractivity contribution is -0.162. The molecule has 1 aromatic carbocycles. The third-order valence-corrected chi connectivity index (χ3v) is 4.87. The van der Waals surface area contributed by atoms with Crippen LogP contribution in [0.2, 0.25) is 0 Å². The fourth-order valence-corrected chi connectivity index (χ4v) is 3.00. The zero-order valence-corrected chi connectivity index (χ0v) is 15.3. The van der Waals surface area contributed by atoms with Gasteiger partial charge in [-0.3, -0.25) is 0 Å². The van der Waals surface area contributed by atoms with Gasteiger partial charge in [0, 0.05) is 18.4 Å². The van der Waals surface area contributed by atoms with E-state index in [0.29, 0.717) is 24.7 Å². The third-order valence-electron chi connectivity index (χ3n) is 4.87. The van der Waals surface area contributed by atoms with Crippen LogP contribution < -0.4 is 10.5 Å². The topological polar surface area (TPSA) is 83.4 Å². The molecule has 2 aromatic rings. The Bertz CT molecular complexity index is 725. The molecule has 0 bridgehead atoms. The van der Waals surface area contributed by atoms with Crippen LogP contribution in [0.1, 0.15) is 38.9 Å². The van der Waals surface area contributed by atoms with Gasteiger partial charge in [0.25, 0.3) is 0 Å². The molecule has 2 N–H and O–H groups in total. The van der Waals surface area contributed by atoms with Gasteiger partial charge in [0.1, 0.15) is 5.54 Å². The summed E-state index contributed by atoms with van der Waals surface area (Å²) in [6, 6.07) is 6.17. The van der Waals surface area contributed by atoms with Crippen LogP contribution in [-0.2, 0) is 16.9 Å². The maximum atomic E-state index is 13.5. The molecule has 0 spiro atoms. The molecule has 1 saturated carbocycles. The SMILES string of the molecule is CCOC1CC(N)(c2nc(COc3ccccc3F)no2)C1(C)C.Cl. The van der Waals surface area contributed by atoms with E-state index in [1.54, 1.807) is 18.2 Å². The molecule has 0 aliphatic heterocycles. The average molecular weight is 372 g/mol. The molecule has 25 heavy (non-hydrogen) atoms. The summed E-state index contributed by atoms with van der Waals surface area (Å²) in [5, 5.41) is 3.89. The Morgan fingerprint density at radius 3 is 2.72 bits per heavy atom. The molecular formula is C17H23ClFN3O3. The first-order chi connectivity index (χ1) is 11.4. The molecule has 1 heterocycles. The Hall–Kier alpha value is -1.70. The Balaban J connectivity index is 0.00000225. The van der Waals surface area contributed by atoms with E-state index in [1.807, 2.05) is 20.8 Å². The summed E-state index contributed by atoms with van der Waals surface area (Å²) in [6.07, 6.45) is 0.668. The second-order valence-corrected chi connectivity index (χ2v) is 6.58. The van der Waals surface area contributed by atoms with Crippen molar-refractivity contribution in [3.63, 3.8) is 0 Å². The van der Waals surface area contributed by atoms with Gasteiger partial charge in [0.15, 0.2) is 18.2 Å². The summed E-state index contributed by atoms with van der Waals surface area (Å²) >= 11 is 0. The summed E-state index contributed by atoms with van der Waals surface area (Å²) in [4.78, 5) is 4.33. The summed E-state index contributed by atoms with van der Waals surface area (Å²) in [5.74, 6) is 0.396. The molecule has 1 aromatic heterocycles. The highest BCUT2D eigenvalue weighted by Crippen LogP contribution is 2.55. The maximum absolute atomic E-state index is 13.5. The molecule has 0 amide bonds. The number of halogens is 2. The highest BCUT2D eigenvalue weighted by molar-refractivity contribution is 5.85. The van der Waals surface area contributed by atoms with E-state index in [0.717, 1.165) is 0 Å². The van der Waals surface area contributed by atoms with Crippen LogP contribution in [0.3, 0.4) is 0 Å². The molecule has 1 fully saturated rings. The highest BCUT2D eigenvalue weighted by Gasteiger charge is 2.62. The molecule has 0 saturated heterocycles. The van der Waals surface area contributed by atoms with Crippen molar-refractivity contribution in [3.8, 4) is 5.75 Å². The van der Waals surface area contributed by atoms with Crippen LogP contribution in [0, 0.1) is 11.2 Å². The van der Waals surface area contributed by atoms with E-state index in [-0.39, 0.29) is 36.3 Å². The van der Waals surface area contributed by atoms with Crippen LogP contribution in [0.5, 0.6) is 5.75 Å². The third kappa shape index (κ3) is 3.36. The lowest BCUT2D eigenvalue weighted by Gasteiger charge is -2.56. The number of rotatable bonds is 6. The Kier molecular flexibility index (Phi) is 5.71. The van der Waals surface area contributed by atoms with Gasteiger partial charge < -0.3 is 19.7 Å². The first kappa shape index (κ1) is 19.6. The number of hydrogen-bond donors (Lipinski definition) is 1. The van der Waals surface area contributed by atoms with Crippen molar-refractivity contribution in [2.24, 2.45) is 11.1 Å². The monoisotopic (exact) mass is 371 g/mol. The number of benzene rings is 1. The number of hydrogen-bond acceptors (Lipinski definition) is 6. The van der Waals surface area contributed by atoms with Crippen LogP contribution >= 0.6 is 12.4 Å². The number of para-hydroxylation sites is 1. The van der Waals surface area contributed by atoms with Crippen LogP contribution in [0.15, 0.2) is 28.8 Å². The minimum Gasteiger partial charge on any atom is -0.482 e. The number of aromatic nitrogens is 2. The van der Waals surface area contributed by atoms with Gasteiger partial charge in [0.2, 0.25) is 11.7 Å². The molecule has 1 aliphatic rings. The van der Waals surface area contributed by atoms with Crippen molar-refractivity contribution in [2.75, 3.05) is 6.61 Å². The zero-order valence-electron chi connectivity index (χ0n) is 14.5. The normalized spacial score (nSPS) is 24.3. The van der Waals surface area contributed by atoms with E-state index in [4.69, 9.17) is 19.7 Å². The quantitative estimate of drug-likeness (QED) is 0.839. The molecule has 1 aliphatic carbocycles. The van der Waals surface area contributed by atoms with Crippen LogP contribution in [0.4, 0.5) is 4.39 Å². The molecular weight excluding hydrogens is 349 g/mol. The van der Waals surface area contributed by atoms with Gasteiger partial charge in [-0.05, 0) is 19.1 Å². The molecule has 3 rings (SSSR count). The van der Waals surface area contributed by atoms with Gasteiger partial charge in [-0.2, -0.15) is 4.98 Å². The second kappa shape index (κ2) is 7.27. The van der Waals surface area contributed by atoms with Crippen molar-refractivity contribution in [2.45, 2.75) is 45.4 Å². The van der Waals surface area contributed by atoms with Gasteiger partial charge in [-0.15, -0.1) is 12.4 Å². The second-order valence-electron chi connectivity index (χ2n) is 6.58. The van der Waals surface area contributed by atoms with Gasteiger partial charge >= 0.3 is 0 Å². The smallest absolute Gasteiger partial charge is 0.247 e. The largest absolute Gasteiger partial charge is 0.482 e. The van der Waals surface area contributed by atoms with Gasteiger partial charge in [-0.25, -0.2) is 4.39 Å². The fraction of sp³-hybridized carbons (Fsp3) is 0.529. The lowest BCUT2D eigenvalue weighted by atomic mass is 9.54. The standard InChI is InChI=1S/C17H22FN3O3.ClH/c1-4-22-13-9-17(19,16(13,2)3)15-20-14(21-24-15)10-23-12-8-6-5-7-11(12)18;/h5-8,13H,4,9-10,19H2,1-3H3;1H. The first-order valence-electron chi connectivity index (χ1n) is 7.99. The van der Waals surface area contributed by atoms with Gasteiger partial charge in [-0.1, -0.05) is 31.1 Å². The van der Waals surface area contributed by atoms with E-state index >= 15 is 0 Å². The van der Waals surface area contributed by atoms with Crippen LogP contribution in [-0.4, -0.2) is 22.9 Å². The van der Waals surface area contributed by atoms with Crippen molar-refractivity contribution in [3.05, 3.63) is 41.8 Å². The molecule has 6 nitrogen and oxygen atoms in total. The molecule has 2 atom stereocenters. The first-order valence-corrected chi connectivity index (χ1v) is 7.99. The van der Waals surface area contributed by atoms with E-state index in [1.165, 1.54) is 6.07 Å². The zero-order chi connectivity index (χ0) is 17.4. The summed E-state index contributed by atoms with van der Waals surface area (Å²) in [6.45, 7) is 6.65. The Labute approximate surface area is 152 Å². The van der Waals surface area contributed by atoms with E-state index < -0.39 is 11.4 Å². The minimum atomic E-state index is -0.740. The van der Waals surface area contributed by atoms with Crippen molar-refractivity contribution in [1.82, 2.24) is 10.1 Å². The predicted octanol–water partition coefficient (Wildman–Crippen LogP) is 3.20. The molecule has 8 heteroatoms. The van der Waals surface area contributed by atoms with Crippen molar-refractivity contribution < 1.29 is 18.4 Å². The molecule has 0 radical (unpaired) electrons. The summed E-state index contributed by atoms with van der Waals surface area (Å²) in [7, 11) is 0. The number of ether oxygens (including phenoxy) is 2. The Morgan fingerprint density at radius 2 is 2.08 bits per heavy atom. The van der Waals surface area contributed by atoms with Crippen molar-refractivity contribution in [1.29, 1.82) is 0 Å². The van der Waals surface area contributed by atoms with E-state index in [2.05, 4.69) is 10.1 Å². The van der Waals surface area contributed by atoms with Crippen molar-refractivity contribution >= 4 is 12.4 Å². The van der Waals surface area contributed by atoms with Crippen LogP contribution in [0.25, 0.3) is 0 Å². The highest BCUT2D eigenvalue weighted by atomic mass is 35.5. The average Bonchev–Trinajstić information content (AvgIpc) is 3.03. The van der Waals surface area contributed by atoms with E-state index in [9.17, 15) is 4.39 Å². The molecule has 2 unspecified atom stereocenters.